The van der Waals surface area contributed by atoms with Gasteiger partial charge in [-0.15, -0.1) is 0 Å². The van der Waals surface area contributed by atoms with Crippen molar-refractivity contribution < 1.29 is 22.8 Å². The largest absolute Gasteiger partial charge is 0.435 e. The van der Waals surface area contributed by atoms with Gasteiger partial charge < -0.3 is 5.32 Å². The van der Waals surface area contributed by atoms with E-state index in [4.69, 9.17) is 17.4 Å². The second-order valence-corrected chi connectivity index (χ2v) is 6.52. The summed E-state index contributed by atoms with van der Waals surface area (Å²) in [5, 5.41) is 5.84. The molecule has 0 unspecified atom stereocenters. The number of nitrogens with two attached hydrogens (primary N) is 1. The smallest absolute Gasteiger partial charge is 0.320 e. The number of alkyl halides is 3. The maximum Gasteiger partial charge on any atom is 0.435 e. The zero-order chi connectivity index (χ0) is 22.1. The lowest BCUT2D eigenvalue weighted by Crippen LogP contribution is -2.31. The summed E-state index contributed by atoms with van der Waals surface area (Å²) in [4.78, 5) is 28.7. The Balaban J connectivity index is 2.08. The number of aryl methyl sites for hydroxylation is 1. The van der Waals surface area contributed by atoms with Crippen LogP contribution in [0.5, 0.6) is 0 Å². The van der Waals surface area contributed by atoms with E-state index in [0.29, 0.717) is 16.3 Å². The fraction of sp³-hybridized carbons (Fsp3) is 0.111. The number of rotatable bonds is 4. The number of aromatic nitrogens is 3. The summed E-state index contributed by atoms with van der Waals surface area (Å²) >= 11 is 6.02. The quantitative estimate of drug-likeness (QED) is 0.329. The highest BCUT2D eigenvalue weighted by atomic mass is 35.5. The number of carbonyl (C=O) groups is 2. The normalized spacial score (nSPS) is 11.3. The summed E-state index contributed by atoms with van der Waals surface area (Å²) in [5.41, 5.74) is 0.935. The predicted octanol–water partition coefficient (Wildman–Crippen LogP) is 3.10. The van der Waals surface area contributed by atoms with Crippen LogP contribution in [0.3, 0.4) is 0 Å². The fourth-order valence-corrected chi connectivity index (χ4v) is 2.80. The Morgan fingerprint density at radius 1 is 1.17 bits per heavy atom. The number of nitrogens with one attached hydrogen (secondary N) is 2. The van der Waals surface area contributed by atoms with Gasteiger partial charge in [-0.25, -0.2) is 15.5 Å². The van der Waals surface area contributed by atoms with Crippen molar-refractivity contribution >= 4 is 29.1 Å². The predicted molar refractivity (Wildman–Crippen MR) is 102 cm³/mol. The first kappa shape index (κ1) is 21.3. The maximum absolute atomic E-state index is 13.2. The van der Waals surface area contributed by atoms with E-state index in [9.17, 15) is 22.8 Å². The third kappa shape index (κ3) is 4.26. The van der Waals surface area contributed by atoms with Crippen molar-refractivity contribution in [3.05, 3.63) is 70.1 Å². The van der Waals surface area contributed by atoms with Gasteiger partial charge >= 0.3 is 6.18 Å². The van der Waals surface area contributed by atoms with Crippen LogP contribution in [-0.2, 0) is 6.18 Å². The summed E-state index contributed by atoms with van der Waals surface area (Å²) in [6, 6.07) is 7.94. The van der Waals surface area contributed by atoms with E-state index >= 15 is 0 Å². The number of benzene rings is 1. The number of nitrogens with zero attached hydrogens (tertiary/aromatic N) is 3. The Morgan fingerprint density at radius 2 is 1.90 bits per heavy atom. The van der Waals surface area contributed by atoms with Crippen LogP contribution in [-0.4, -0.2) is 26.6 Å². The van der Waals surface area contributed by atoms with Crippen LogP contribution in [0.2, 0.25) is 5.02 Å². The maximum atomic E-state index is 13.2. The highest BCUT2D eigenvalue weighted by molar-refractivity contribution is 6.32. The molecule has 0 spiro atoms. The van der Waals surface area contributed by atoms with Crippen LogP contribution in [0, 0.1) is 6.92 Å². The van der Waals surface area contributed by atoms with Crippen LogP contribution in [0.15, 0.2) is 42.6 Å². The average Bonchev–Trinajstić information content (AvgIpc) is 3.15. The molecule has 3 rings (SSSR count). The summed E-state index contributed by atoms with van der Waals surface area (Å²) in [6.07, 6.45) is -3.52. The van der Waals surface area contributed by atoms with Gasteiger partial charge in [0.05, 0.1) is 16.3 Å². The molecule has 0 fully saturated rings. The van der Waals surface area contributed by atoms with Crippen LogP contribution in [0.25, 0.3) is 5.82 Å². The van der Waals surface area contributed by atoms with Gasteiger partial charge in [0.1, 0.15) is 5.69 Å². The molecule has 12 heteroatoms. The van der Waals surface area contributed by atoms with Crippen LogP contribution in [0.1, 0.15) is 32.1 Å². The number of pyridine rings is 1. The van der Waals surface area contributed by atoms with E-state index in [2.05, 4.69) is 15.4 Å². The number of anilines is 1. The monoisotopic (exact) mass is 438 g/mol. The SMILES string of the molecule is Cc1ccc(NC(=O)c2cc(C(F)(F)F)nn2-c2ncccc2Cl)c(C(=O)NN)c1. The zero-order valence-electron chi connectivity index (χ0n) is 15.3. The number of amides is 2. The van der Waals surface area contributed by atoms with Gasteiger partial charge in [0.25, 0.3) is 11.8 Å². The van der Waals surface area contributed by atoms with Gasteiger partial charge in [-0.1, -0.05) is 23.2 Å². The second kappa shape index (κ2) is 8.13. The molecule has 0 bridgehead atoms. The molecule has 3 aromatic rings. The van der Waals surface area contributed by atoms with Gasteiger partial charge in [-0.3, -0.25) is 15.0 Å². The lowest BCUT2D eigenvalue weighted by Gasteiger charge is -2.12. The third-order valence-electron chi connectivity index (χ3n) is 3.97. The van der Waals surface area contributed by atoms with Crippen molar-refractivity contribution in [3.63, 3.8) is 0 Å². The van der Waals surface area contributed by atoms with Crippen molar-refractivity contribution in [2.24, 2.45) is 5.84 Å². The molecule has 30 heavy (non-hydrogen) atoms. The number of hydrogen-bond acceptors (Lipinski definition) is 5. The number of carbonyl (C=O) groups excluding carboxylic acids is 2. The van der Waals surface area contributed by atoms with Gasteiger partial charge in [0.2, 0.25) is 0 Å². The van der Waals surface area contributed by atoms with Crippen LogP contribution >= 0.6 is 11.6 Å². The van der Waals surface area contributed by atoms with Crippen molar-refractivity contribution in [1.82, 2.24) is 20.2 Å². The van der Waals surface area contributed by atoms with Crippen molar-refractivity contribution in [2.45, 2.75) is 13.1 Å². The van der Waals surface area contributed by atoms with Crippen LogP contribution < -0.4 is 16.6 Å². The van der Waals surface area contributed by atoms with Crippen LogP contribution in [0.4, 0.5) is 18.9 Å². The summed E-state index contributed by atoms with van der Waals surface area (Å²) in [7, 11) is 0. The van der Waals surface area contributed by atoms with E-state index < -0.39 is 29.4 Å². The average molecular weight is 439 g/mol. The molecule has 4 N–H and O–H groups in total. The minimum Gasteiger partial charge on any atom is -0.320 e. The first-order valence-electron chi connectivity index (χ1n) is 8.33. The third-order valence-corrected chi connectivity index (χ3v) is 4.27. The van der Waals surface area contributed by atoms with E-state index in [1.807, 2.05) is 5.43 Å². The molecule has 0 aliphatic carbocycles. The fourth-order valence-electron chi connectivity index (χ4n) is 2.60. The number of hydrogen-bond donors (Lipinski definition) is 3. The molecule has 8 nitrogen and oxygen atoms in total. The molecule has 156 valence electrons. The molecular formula is C18H14ClF3N6O2. The number of hydrazine groups is 1. The number of halogens is 4. The lowest BCUT2D eigenvalue weighted by molar-refractivity contribution is -0.141. The van der Waals surface area contributed by atoms with Crippen molar-refractivity contribution in [3.8, 4) is 5.82 Å². The first-order valence-corrected chi connectivity index (χ1v) is 8.70. The first-order chi connectivity index (χ1) is 14.1. The summed E-state index contributed by atoms with van der Waals surface area (Å²) in [5.74, 6) is 3.34. The Labute approximate surface area is 172 Å². The molecule has 2 heterocycles. The van der Waals surface area contributed by atoms with E-state index in [0.717, 1.165) is 0 Å². The Bertz CT molecular complexity index is 1130. The molecule has 0 radical (unpaired) electrons. The molecule has 2 aromatic heterocycles. The topological polar surface area (TPSA) is 115 Å². The van der Waals surface area contributed by atoms with E-state index in [1.165, 1.54) is 30.5 Å². The standard InChI is InChI=1S/C18H14ClF3N6O2/c1-9-4-5-12(10(7-9)16(29)26-23)25-17(30)13-8-14(18(20,21)22)27-28(13)15-11(19)3-2-6-24-15/h2-8H,23H2,1H3,(H,25,30)(H,26,29). The Kier molecular flexibility index (Phi) is 5.76. The second-order valence-electron chi connectivity index (χ2n) is 6.11. The van der Waals surface area contributed by atoms with Gasteiger partial charge in [0, 0.05) is 12.3 Å². The minimum absolute atomic E-state index is 0.0121. The Morgan fingerprint density at radius 3 is 2.53 bits per heavy atom. The molecule has 0 aliphatic heterocycles. The molecule has 0 saturated carbocycles. The van der Waals surface area contributed by atoms with Crippen molar-refractivity contribution in [1.29, 1.82) is 0 Å². The summed E-state index contributed by atoms with van der Waals surface area (Å²) in [6.45, 7) is 1.71. The molecule has 0 aliphatic rings. The van der Waals surface area contributed by atoms with E-state index in [-0.39, 0.29) is 22.1 Å². The van der Waals surface area contributed by atoms with E-state index in [1.54, 1.807) is 13.0 Å². The summed E-state index contributed by atoms with van der Waals surface area (Å²) < 4.78 is 40.4. The zero-order valence-corrected chi connectivity index (χ0v) is 16.0. The minimum atomic E-state index is -4.81. The lowest BCUT2D eigenvalue weighted by atomic mass is 10.1. The molecule has 0 saturated heterocycles. The molecular weight excluding hydrogens is 425 g/mol. The van der Waals surface area contributed by atoms with Gasteiger partial charge in [-0.2, -0.15) is 18.3 Å². The Hall–Kier alpha value is -3.44. The highest BCUT2D eigenvalue weighted by Crippen LogP contribution is 2.31. The molecule has 2 amide bonds. The molecule has 0 atom stereocenters. The number of nitrogen functional groups attached to an aromatic ring is 1. The molecule has 1 aromatic carbocycles. The highest BCUT2D eigenvalue weighted by Gasteiger charge is 2.36. The van der Waals surface area contributed by atoms with Gasteiger partial charge in [0.15, 0.2) is 11.5 Å². The van der Waals surface area contributed by atoms with Gasteiger partial charge in [-0.05, 0) is 31.2 Å². The van der Waals surface area contributed by atoms with Crippen molar-refractivity contribution in [2.75, 3.05) is 5.32 Å².